The summed E-state index contributed by atoms with van der Waals surface area (Å²) in [6.07, 6.45) is 2.43. The zero-order chi connectivity index (χ0) is 13.1. The van der Waals surface area contributed by atoms with Crippen LogP contribution in [0.3, 0.4) is 0 Å². The molecule has 1 fully saturated rings. The van der Waals surface area contributed by atoms with E-state index in [0.717, 1.165) is 4.90 Å². The summed E-state index contributed by atoms with van der Waals surface area (Å²) in [5, 5.41) is 1.16. The Morgan fingerprint density at radius 2 is 2.17 bits per heavy atom. The second-order valence-electron chi connectivity index (χ2n) is 4.01. The molecule has 0 amide bonds. The van der Waals surface area contributed by atoms with E-state index in [1.165, 1.54) is 18.9 Å². The van der Waals surface area contributed by atoms with Crippen LogP contribution in [-0.4, -0.2) is 23.6 Å². The second kappa shape index (κ2) is 5.76. The number of ketones is 1. The van der Waals surface area contributed by atoms with Crippen LogP contribution in [0.2, 0.25) is 5.02 Å². The molecule has 1 aromatic rings. The zero-order valence-corrected chi connectivity index (χ0v) is 11.5. The number of rotatable bonds is 5. The molecule has 1 aromatic carbocycles. The van der Waals surface area contributed by atoms with E-state index in [9.17, 15) is 9.59 Å². The van der Waals surface area contributed by atoms with Gasteiger partial charge in [0, 0.05) is 15.7 Å². The first-order valence-electron chi connectivity index (χ1n) is 5.79. The molecule has 0 aromatic heterocycles. The topological polar surface area (TPSA) is 43.4 Å². The molecule has 96 valence electrons. The number of benzene rings is 1. The number of carbonyl (C=O) groups excluding carboxylic acids is 2. The van der Waals surface area contributed by atoms with Gasteiger partial charge in [-0.1, -0.05) is 11.6 Å². The van der Waals surface area contributed by atoms with E-state index in [2.05, 4.69) is 4.74 Å². The third-order valence-electron chi connectivity index (χ3n) is 2.47. The number of ether oxygens (including phenoxy) is 1. The molecule has 0 atom stereocenters. The van der Waals surface area contributed by atoms with Gasteiger partial charge in [0.1, 0.15) is 0 Å². The zero-order valence-electron chi connectivity index (χ0n) is 9.94. The minimum absolute atomic E-state index is 0.188. The Hall–Kier alpha value is -1.000. The van der Waals surface area contributed by atoms with Crippen molar-refractivity contribution in [2.75, 3.05) is 6.61 Å². The van der Waals surface area contributed by atoms with E-state index >= 15 is 0 Å². The molecule has 5 heteroatoms. The van der Waals surface area contributed by atoms with Gasteiger partial charge in [0.25, 0.3) is 5.78 Å². The SMILES string of the molecule is CCOC(=O)C(=O)c1ccc(SC2CC2)c(Cl)c1. The van der Waals surface area contributed by atoms with E-state index in [-0.39, 0.29) is 12.2 Å². The summed E-state index contributed by atoms with van der Waals surface area (Å²) in [6, 6.07) is 4.94. The molecule has 18 heavy (non-hydrogen) atoms. The van der Waals surface area contributed by atoms with E-state index in [0.29, 0.717) is 10.3 Å². The average Bonchev–Trinajstić information content (AvgIpc) is 3.15. The lowest BCUT2D eigenvalue weighted by atomic mass is 10.1. The van der Waals surface area contributed by atoms with Gasteiger partial charge in [-0.25, -0.2) is 4.79 Å². The van der Waals surface area contributed by atoms with E-state index < -0.39 is 11.8 Å². The Morgan fingerprint density at radius 1 is 1.44 bits per heavy atom. The fourth-order valence-electron chi connectivity index (χ4n) is 1.42. The predicted molar refractivity (Wildman–Crippen MR) is 71.3 cm³/mol. The monoisotopic (exact) mass is 284 g/mol. The molecule has 0 N–H and O–H groups in total. The molecular weight excluding hydrogens is 272 g/mol. The smallest absolute Gasteiger partial charge is 0.379 e. The Labute approximate surface area is 115 Å². The van der Waals surface area contributed by atoms with Crippen molar-refractivity contribution in [2.24, 2.45) is 0 Å². The highest BCUT2D eigenvalue weighted by Crippen LogP contribution is 2.41. The van der Waals surface area contributed by atoms with Gasteiger partial charge < -0.3 is 4.74 Å². The lowest BCUT2D eigenvalue weighted by molar-refractivity contribution is -0.137. The summed E-state index contributed by atoms with van der Waals surface area (Å²) in [6.45, 7) is 1.85. The van der Waals surface area contributed by atoms with Crippen LogP contribution in [0.5, 0.6) is 0 Å². The molecule has 2 rings (SSSR count). The van der Waals surface area contributed by atoms with Gasteiger partial charge in [0.15, 0.2) is 0 Å². The van der Waals surface area contributed by atoms with Crippen molar-refractivity contribution in [3.05, 3.63) is 28.8 Å². The van der Waals surface area contributed by atoms with Crippen LogP contribution in [0, 0.1) is 0 Å². The first kappa shape index (κ1) is 13.4. The Bertz CT molecular complexity index is 483. The van der Waals surface area contributed by atoms with E-state index in [1.54, 1.807) is 30.8 Å². The van der Waals surface area contributed by atoms with Crippen molar-refractivity contribution in [1.82, 2.24) is 0 Å². The summed E-state index contributed by atoms with van der Waals surface area (Å²) in [5.41, 5.74) is 0.276. The lowest BCUT2D eigenvalue weighted by Gasteiger charge is -2.05. The highest BCUT2D eigenvalue weighted by molar-refractivity contribution is 8.00. The quantitative estimate of drug-likeness (QED) is 0.472. The Kier molecular flexibility index (Phi) is 4.30. The maximum absolute atomic E-state index is 11.7. The standard InChI is InChI=1S/C13H13ClO3S/c1-2-17-13(16)12(15)8-3-6-11(10(14)7-8)18-9-4-5-9/h3,6-7,9H,2,4-5H2,1H3. The number of halogens is 1. The van der Waals surface area contributed by atoms with Gasteiger partial charge in [-0.2, -0.15) is 0 Å². The van der Waals surface area contributed by atoms with Crippen molar-refractivity contribution in [3.8, 4) is 0 Å². The van der Waals surface area contributed by atoms with E-state index in [4.69, 9.17) is 11.6 Å². The molecule has 0 saturated heterocycles. The normalized spacial score (nSPS) is 14.3. The van der Waals surface area contributed by atoms with Gasteiger partial charge >= 0.3 is 5.97 Å². The van der Waals surface area contributed by atoms with Gasteiger partial charge in [-0.3, -0.25) is 4.79 Å². The molecule has 0 spiro atoms. The molecule has 0 bridgehead atoms. The van der Waals surface area contributed by atoms with Crippen molar-refractivity contribution in [1.29, 1.82) is 0 Å². The van der Waals surface area contributed by atoms with Crippen LogP contribution in [0.4, 0.5) is 0 Å². The number of carbonyl (C=O) groups is 2. The largest absolute Gasteiger partial charge is 0.460 e. The lowest BCUT2D eigenvalue weighted by Crippen LogP contribution is -2.17. The van der Waals surface area contributed by atoms with Crippen LogP contribution in [-0.2, 0) is 9.53 Å². The summed E-state index contributed by atoms with van der Waals surface area (Å²) in [7, 11) is 0. The van der Waals surface area contributed by atoms with E-state index in [1.807, 2.05) is 0 Å². The third kappa shape index (κ3) is 3.27. The molecular formula is C13H13ClO3S. The molecule has 3 nitrogen and oxygen atoms in total. The van der Waals surface area contributed by atoms with Crippen molar-refractivity contribution in [2.45, 2.75) is 29.9 Å². The summed E-state index contributed by atoms with van der Waals surface area (Å²) in [5.74, 6) is -1.49. The van der Waals surface area contributed by atoms with Crippen LogP contribution in [0.25, 0.3) is 0 Å². The van der Waals surface area contributed by atoms with Crippen molar-refractivity contribution in [3.63, 3.8) is 0 Å². The first-order valence-corrected chi connectivity index (χ1v) is 7.05. The second-order valence-corrected chi connectivity index (χ2v) is 5.76. The number of hydrogen-bond donors (Lipinski definition) is 0. The number of hydrogen-bond acceptors (Lipinski definition) is 4. The summed E-state index contributed by atoms with van der Waals surface area (Å²) in [4.78, 5) is 24.0. The number of thioether (sulfide) groups is 1. The van der Waals surface area contributed by atoms with Gasteiger partial charge in [0.05, 0.1) is 11.6 Å². The highest BCUT2D eigenvalue weighted by atomic mass is 35.5. The van der Waals surface area contributed by atoms with Gasteiger partial charge in [-0.05, 0) is 38.0 Å². The van der Waals surface area contributed by atoms with Crippen LogP contribution < -0.4 is 0 Å². The van der Waals surface area contributed by atoms with Crippen LogP contribution >= 0.6 is 23.4 Å². The minimum atomic E-state index is -0.837. The average molecular weight is 285 g/mol. The fourth-order valence-corrected chi connectivity index (χ4v) is 2.78. The molecule has 0 unspecified atom stereocenters. The maximum Gasteiger partial charge on any atom is 0.379 e. The Morgan fingerprint density at radius 3 is 2.72 bits per heavy atom. The molecule has 0 radical (unpaired) electrons. The fraction of sp³-hybridized carbons (Fsp3) is 0.385. The van der Waals surface area contributed by atoms with Gasteiger partial charge in [0.2, 0.25) is 0 Å². The third-order valence-corrected chi connectivity index (χ3v) is 4.31. The molecule has 1 aliphatic rings. The summed E-state index contributed by atoms with van der Waals surface area (Å²) < 4.78 is 4.67. The molecule has 0 heterocycles. The maximum atomic E-state index is 11.7. The van der Waals surface area contributed by atoms with Crippen molar-refractivity contribution < 1.29 is 14.3 Å². The van der Waals surface area contributed by atoms with Crippen molar-refractivity contribution >= 4 is 35.1 Å². The molecule has 1 aliphatic carbocycles. The molecule has 0 aliphatic heterocycles. The minimum Gasteiger partial charge on any atom is -0.460 e. The number of esters is 1. The highest BCUT2D eigenvalue weighted by Gasteiger charge is 2.24. The Balaban J connectivity index is 2.11. The van der Waals surface area contributed by atoms with Crippen LogP contribution in [0.15, 0.2) is 23.1 Å². The predicted octanol–water partition coefficient (Wildman–Crippen LogP) is 3.34. The van der Waals surface area contributed by atoms with Crippen LogP contribution in [0.1, 0.15) is 30.1 Å². The molecule has 1 saturated carbocycles. The first-order chi connectivity index (χ1) is 8.61. The van der Waals surface area contributed by atoms with Gasteiger partial charge in [-0.15, -0.1) is 11.8 Å². The summed E-state index contributed by atoms with van der Waals surface area (Å²) >= 11 is 7.82. The number of Topliss-reactive ketones (excluding diaryl/α,β-unsaturated/α-hetero) is 1.